The minimum atomic E-state index is -3.86. The van der Waals surface area contributed by atoms with E-state index in [0.717, 1.165) is 34.9 Å². The van der Waals surface area contributed by atoms with E-state index in [1.807, 2.05) is 43.1 Å². The lowest BCUT2D eigenvalue weighted by atomic mass is 9.98. The van der Waals surface area contributed by atoms with Gasteiger partial charge in [-0.2, -0.15) is 0 Å². The van der Waals surface area contributed by atoms with Gasteiger partial charge in [0, 0.05) is 12.3 Å². The molecule has 2 N–H and O–H groups in total. The van der Waals surface area contributed by atoms with Gasteiger partial charge in [0.25, 0.3) is 5.56 Å². The Morgan fingerprint density at radius 3 is 2.55 bits per heavy atom. The summed E-state index contributed by atoms with van der Waals surface area (Å²) in [5, 5.41) is 10.7. The largest absolute Gasteiger partial charge is 0.424 e. The van der Waals surface area contributed by atoms with Crippen molar-refractivity contribution >= 4 is 7.60 Å². The standard InChI is InChI=1S/C28H34FN2O8P/c1-19(15-36-16-21-10-8-7-9-20(21)2)18-40(35,39-22-11-5-4-6-12-22)37-17-23-25(33)28(3,29)26(38-23)31-14-13-24(32)30-27(31)34/h4-14,19,23,25-26,33H,15-18H2,1-3H3,(H,30,32,34)/t19?,23-,25-,26-,28-,40?/m1/s1. The highest BCUT2D eigenvalue weighted by Gasteiger charge is 2.55. The van der Waals surface area contributed by atoms with Crippen LogP contribution < -0.4 is 15.8 Å². The third-order valence-corrected chi connectivity index (χ3v) is 8.80. The quantitative estimate of drug-likeness (QED) is 0.310. The fourth-order valence-electron chi connectivity index (χ4n) is 4.48. The summed E-state index contributed by atoms with van der Waals surface area (Å²) in [6.45, 7) is 5.12. The number of aromatic amines is 1. The lowest BCUT2D eigenvalue weighted by Crippen LogP contribution is -2.43. The minimum Gasteiger partial charge on any atom is -0.424 e. The molecule has 1 aliphatic rings. The maximum absolute atomic E-state index is 15.6. The number of halogens is 1. The van der Waals surface area contributed by atoms with Gasteiger partial charge >= 0.3 is 13.3 Å². The lowest BCUT2D eigenvalue weighted by molar-refractivity contribution is -0.0592. The number of ether oxygens (including phenoxy) is 2. The van der Waals surface area contributed by atoms with E-state index < -0.39 is 49.6 Å². The molecule has 4 rings (SSSR count). The van der Waals surface area contributed by atoms with Gasteiger partial charge in [0.05, 0.1) is 26.0 Å². The zero-order valence-corrected chi connectivity index (χ0v) is 23.5. The zero-order chi connectivity index (χ0) is 28.9. The molecule has 0 aliphatic carbocycles. The Kier molecular flexibility index (Phi) is 9.43. The molecule has 0 bridgehead atoms. The monoisotopic (exact) mass is 576 g/mol. The summed E-state index contributed by atoms with van der Waals surface area (Å²) in [5.74, 6) is 0.0756. The smallest absolute Gasteiger partial charge is 0.379 e. The molecule has 12 heteroatoms. The van der Waals surface area contributed by atoms with Gasteiger partial charge in [-0.25, -0.2) is 13.8 Å². The molecule has 40 heavy (non-hydrogen) atoms. The Hall–Kier alpha value is -3.08. The van der Waals surface area contributed by atoms with Crippen LogP contribution in [-0.4, -0.2) is 51.9 Å². The first kappa shape index (κ1) is 29.9. The number of aliphatic hydroxyl groups is 1. The fourth-order valence-corrected chi connectivity index (χ4v) is 6.40. The predicted molar refractivity (Wildman–Crippen MR) is 146 cm³/mol. The highest BCUT2D eigenvalue weighted by Crippen LogP contribution is 2.51. The molecule has 1 aromatic heterocycles. The molecule has 216 valence electrons. The van der Waals surface area contributed by atoms with Crippen LogP contribution in [0.4, 0.5) is 4.39 Å². The second-order valence-corrected chi connectivity index (χ2v) is 12.2. The number of hydrogen-bond donors (Lipinski definition) is 2. The molecule has 2 aromatic carbocycles. The molecule has 2 unspecified atom stereocenters. The van der Waals surface area contributed by atoms with Gasteiger partial charge < -0.3 is 19.1 Å². The van der Waals surface area contributed by atoms with Crippen LogP contribution in [-0.2, 0) is 25.2 Å². The number of aryl methyl sites for hydroxylation is 1. The third-order valence-electron chi connectivity index (χ3n) is 6.70. The molecule has 3 aromatic rings. The number of rotatable bonds is 12. The van der Waals surface area contributed by atoms with E-state index in [2.05, 4.69) is 0 Å². The Bertz CT molecular complexity index is 1440. The molecule has 0 amide bonds. The highest BCUT2D eigenvalue weighted by molar-refractivity contribution is 7.54. The van der Waals surface area contributed by atoms with Crippen LogP contribution in [0.3, 0.4) is 0 Å². The first-order valence-corrected chi connectivity index (χ1v) is 14.7. The van der Waals surface area contributed by atoms with Crippen molar-refractivity contribution in [3.63, 3.8) is 0 Å². The Morgan fingerprint density at radius 1 is 1.15 bits per heavy atom. The summed E-state index contributed by atoms with van der Waals surface area (Å²) in [4.78, 5) is 25.7. The number of nitrogens with one attached hydrogen (secondary N) is 1. The molecule has 0 saturated carbocycles. The molecule has 1 fully saturated rings. The number of aromatic nitrogens is 2. The number of benzene rings is 2. The summed E-state index contributed by atoms with van der Waals surface area (Å²) in [7, 11) is -3.86. The molecular formula is C28H34FN2O8P. The van der Waals surface area contributed by atoms with E-state index in [4.69, 9.17) is 18.5 Å². The van der Waals surface area contributed by atoms with E-state index in [-0.39, 0.29) is 18.7 Å². The fraction of sp³-hybridized carbons (Fsp3) is 0.429. The van der Waals surface area contributed by atoms with Crippen LogP contribution in [0.1, 0.15) is 31.2 Å². The summed E-state index contributed by atoms with van der Waals surface area (Å²) >= 11 is 0. The maximum atomic E-state index is 15.6. The van der Waals surface area contributed by atoms with Crippen LogP contribution in [0.25, 0.3) is 0 Å². The van der Waals surface area contributed by atoms with Crippen LogP contribution in [0, 0.1) is 12.8 Å². The molecule has 0 radical (unpaired) electrons. The average molecular weight is 577 g/mol. The van der Waals surface area contributed by atoms with Crippen molar-refractivity contribution in [2.24, 2.45) is 5.92 Å². The second kappa shape index (κ2) is 12.6. The van der Waals surface area contributed by atoms with Gasteiger partial charge in [-0.3, -0.25) is 18.9 Å². The molecule has 2 heterocycles. The number of hydrogen-bond acceptors (Lipinski definition) is 8. The van der Waals surface area contributed by atoms with Crippen molar-refractivity contribution < 1.29 is 32.6 Å². The Morgan fingerprint density at radius 2 is 1.85 bits per heavy atom. The van der Waals surface area contributed by atoms with Gasteiger partial charge in [0.2, 0.25) is 0 Å². The summed E-state index contributed by atoms with van der Waals surface area (Å²) < 4.78 is 53.4. The highest BCUT2D eigenvalue weighted by atomic mass is 31.2. The van der Waals surface area contributed by atoms with Gasteiger partial charge in [0.15, 0.2) is 11.9 Å². The molecular weight excluding hydrogens is 542 g/mol. The van der Waals surface area contributed by atoms with Crippen LogP contribution >= 0.6 is 7.60 Å². The maximum Gasteiger partial charge on any atom is 0.379 e. The van der Waals surface area contributed by atoms with E-state index >= 15 is 4.39 Å². The van der Waals surface area contributed by atoms with Crippen LogP contribution in [0.2, 0.25) is 0 Å². The molecule has 6 atom stereocenters. The van der Waals surface area contributed by atoms with Crippen molar-refractivity contribution in [1.82, 2.24) is 9.55 Å². The van der Waals surface area contributed by atoms with E-state index in [9.17, 15) is 19.3 Å². The lowest BCUT2D eigenvalue weighted by Gasteiger charge is -2.25. The predicted octanol–water partition coefficient (Wildman–Crippen LogP) is 3.97. The SMILES string of the molecule is Cc1ccccc1COCC(C)CP(=O)(OC[C@H]1O[C@@H](n2ccc(=O)[nH]c2=O)[C@](C)(F)[C@@H]1O)Oc1ccccc1. The van der Waals surface area contributed by atoms with Crippen molar-refractivity contribution in [1.29, 1.82) is 0 Å². The molecule has 10 nitrogen and oxygen atoms in total. The summed E-state index contributed by atoms with van der Waals surface area (Å²) in [5.41, 5.74) is -1.82. The van der Waals surface area contributed by atoms with Crippen molar-refractivity contribution in [2.45, 2.75) is 51.5 Å². The number of nitrogens with zero attached hydrogens (tertiary/aromatic N) is 1. The summed E-state index contributed by atoms with van der Waals surface area (Å²) in [6, 6.07) is 17.4. The topological polar surface area (TPSA) is 129 Å². The number of H-pyrrole nitrogens is 1. The second-order valence-electron chi connectivity index (χ2n) is 10.2. The van der Waals surface area contributed by atoms with Gasteiger partial charge in [-0.1, -0.05) is 49.4 Å². The van der Waals surface area contributed by atoms with Crippen LogP contribution in [0.5, 0.6) is 5.75 Å². The first-order chi connectivity index (χ1) is 19.0. The number of alkyl halides is 1. The van der Waals surface area contributed by atoms with E-state index in [1.165, 1.54) is 0 Å². The average Bonchev–Trinajstić information content (AvgIpc) is 3.12. The van der Waals surface area contributed by atoms with Crippen LogP contribution in [0.15, 0.2) is 76.4 Å². The van der Waals surface area contributed by atoms with Crippen molar-refractivity contribution in [3.8, 4) is 5.75 Å². The zero-order valence-electron chi connectivity index (χ0n) is 22.6. The molecule has 0 spiro atoms. The third kappa shape index (κ3) is 7.16. The minimum absolute atomic E-state index is 0.0197. The molecule has 1 aliphatic heterocycles. The normalized spacial score (nSPS) is 24.9. The number of aliphatic hydroxyl groups excluding tert-OH is 1. The van der Waals surface area contributed by atoms with Crippen molar-refractivity contribution in [2.75, 3.05) is 19.4 Å². The first-order valence-electron chi connectivity index (χ1n) is 12.9. The summed E-state index contributed by atoms with van der Waals surface area (Å²) in [6.07, 6.45) is -3.49. The van der Waals surface area contributed by atoms with Gasteiger partial charge in [-0.15, -0.1) is 0 Å². The van der Waals surface area contributed by atoms with Gasteiger partial charge in [0.1, 0.15) is 18.0 Å². The van der Waals surface area contributed by atoms with E-state index in [1.54, 1.807) is 30.3 Å². The Labute approximate surface area is 231 Å². The Balaban J connectivity index is 1.44. The van der Waals surface area contributed by atoms with E-state index in [0.29, 0.717) is 12.4 Å². The van der Waals surface area contributed by atoms with Gasteiger partial charge in [-0.05, 0) is 43.0 Å². The number of para-hydroxylation sites is 1. The molecule has 1 saturated heterocycles. The van der Waals surface area contributed by atoms with Crippen molar-refractivity contribution in [3.05, 3.63) is 98.8 Å².